The third-order valence-corrected chi connectivity index (χ3v) is 6.93. The van der Waals surface area contributed by atoms with E-state index in [1.54, 1.807) is 44.7 Å². The molecule has 5 rings (SSSR count). The fourth-order valence-corrected chi connectivity index (χ4v) is 4.92. The number of halogens is 1. The van der Waals surface area contributed by atoms with E-state index < -0.39 is 5.82 Å². The molecule has 0 saturated carbocycles. The molecule has 1 aromatic heterocycles. The van der Waals surface area contributed by atoms with Crippen molar-refractivity contribution in [3.05, 3.63) is 120 Å². The molecule has 1 heterocycles. The van der Waals surface area contributed by atoms with Gasteiger partial charge in [-0.3, -0.25) is 9.29 Å². The lowest BCUT2D eigenvalue weighted by Crippen LogP contribution is -2.20. The summed E-state index contributed by atoms with van der Waals surface area (Å²) < 4.78 is 37.7. The number of benzene rings is 4. The Balaban J connectivity index is 1.38. The minimum Gasteiger partial charge on any atom is -0.493 e. The van der Waals surface area contributed by atoms with E-state index in [0.29, 0.717) is 46.9 Å². The van der Waals surface area contributed by atoms with Crippen molar-refractivity contribution in [3.63, 3.8) is 0 Å². The summed E-state index contributed by atoms with van der Waals surface area (Å²) in [7, 11) is 3.13. The molecule has 0 aliphatic rings. The zero-order valence-corrected chi connectivity index (χ0v) is 22.5. The van der Waals surface area contributed by atoms with Crippen molar-refractivity contribution < 1.29 is 18.6 Å². The number of nitrogens with one attached hydrogen (secondary N) is 1. The first kappa shape index (κ1) is 26.3. The van der Waals surface area contributed by atoms with Crippen molar-refractivity contribution in [3.8, 4) is 23.0 Å². The second-order valence-corrected chi connectivity index (χ2v) is 9.58. The number of pyridine rings is 1. The number of anilines is 1. The Morgan fingerprint density at radius 1 is 0.769 bits per heavy atom. The number of aromatic nitrogens is 1. The summed E-state index contributed by atoms with van der Waals surface area (Å²) in [4.78, 5) is 4.39. The third kappa shape index (κ3) is 6.42. The molecule has 198 valence electrons. The number of fused-ring (bicyclic) bond motifs is 1. The van der Waals surface area contributed by atoms with Crippen molar-refractivity contribution in [1.82, 2.24) is 9.71 Å². The lowest BCUT2D eigenvalue weighted by molar-refractivity contribution is 0.355. The predicted octanol–water partition coefficient (Wildman–Crippen LogP) is 7.54. The Kier molecular flexibility index (Phi) is 8.45. The molecule has 0 radical (unpaired) electrons. The van der Waals surface area contributed by atoms with Gasteiger partial charge in [0.2, 0.25) is 0 Å². The molecule has 5 aromatic rings. The van der Waals surface area contributed by atoms with Gasteiger partial charge in [0.1, 0.15) is 5.75 Å². The van der Waals surface area contributed by atoms with Crippen LogP contribution in [0.25, 0.3) is 10.9 Å². The van der Waals surface area contributed by atoms with Crippen LogP contribution in [0.5, 0.6) is 23.0 Å². The highest BCUT2D eigenvalue weighted by Gasteiger charge is 2.16. The van der Waals surface area contributed by atoms with Crippen LogP contribution in [0.3, 0.4) is 0 Å². The van der Waals surface area contributed by atoms with Crippen LogP contribution in [0.2, 0.25) is 0 Å². The van der Waals surface area contributed by atoms with Crippen LogP contribution in [-0.2, 0) is 13.1 Å². The average Bonchev–Trinajstić information content (AvgIpc) is 2.98. The lowest BCUT2D eigenvalue weighted by Gasteiger charge is -2.24. The van der Waals surface area contributed by atoms with Gasteiger partial charge in [0.05, 0.1) is 32.0 Å². The molecule has 0 aliphatic carbocycles. The maximum Gasteiger partial charge on any atom is 0.167 e. The van der Waals surface area contributed by atoms with Crippen molar-refractivity contribution in [2.75, 3.05) is 18.5 Å². The van der Waals surface area contributed by atoms with E-state index >= 15 is 4.39 Å². The summed E-state index contributed by atoms with van der Waals surface area (Å²) in [5, 5.41) is 0.685. The molecule has 0 saturated heterocycles. The van der Waals surface area contributed by atoms with Gasteiger partial charge in [0.25, 0.3) is 0 Å². The van der Waals surface area contributed by atoms with Gasteiger partial charge in [-0.15, -0.1) is 0 Å². The Morgan fingerprint density at radius 2 is 1.46 bits per heavy atom. The maximum absolute atomic E-state index is 15.4. The van der Waals surface area contributed by atoms with Crippen molar-refractivity contribution >= 4 is 28.7 Å². The highest BCUT2D eigenvalue weighted by molar-refractivity contribution is 7.98. The van der Waals surface area contributed by atoms with Gasteiger partial charge in [0.15, 0.2) is 23.1 Å². The van der Waals surface area contributed by atoms with Crippen LogP contribution in [0.1, 0.15) is 11.1 Å². The van der Waals surface area contributed by atoms with Gasteiger partial charge in [0, 0.05) is 42.4 Å². The van der Waals surface area contributed by atoms with E-state index in [0.717, 1.165) is 5.56 Å². The predicted molar refractivity (Wildman–Crippen MR) is 155 cm³/mol. The second-order valence-electron chi connectivity index (χ2n) is 8.67. The zero-order chi connectivity index (χ0) is 27.0. The van der Waals surface area contributed by atoms with Gasteiger partial charge in [-0.05, 0) is 35.4 Å². The molecule has 0 amide bonds. The smallest absolute Gasteiger partial charge is 0.167 e. The Bertz CT molecular complexity index is 1540. The quantitative estimate of drug-likeness (QED) is 0.173. The lowest BCUT2D eigenvalue weighted by atomic mass is 10.1. The standard InChI is InChI=1S/C31H28FN3O3S/c1-36-30-18-25-27(19-31(30)37-2)33-16-15-28(25)38-29-14-13-24(17-26(29)32)35(21-23-11-7-4-8-12-23)39-34-20-22-9-5-3-6-10-22/h3-19,34H,20-21H2,1-2H3. The number of hydrogen-bond acceptors (Lipinski definition) is 7. The number of methoxy groups -OCH3 is 2. The molecule has 0 bridgehead atoms. The minimum atomic E-state index is -0.473. The molecule has 6 nitrogen and oxygen atoms in total. The number of hydrogen-bond donors (Lipinski definition) is 1. The molecule has 0 unspecified atom stereocenters. The molecule has 0 aliphatic heterocycles. The molecule has 0 fully saturated rings. The van der Waals surface area contributed by atoms with Crippen molar-refractivity contribution in [2.45, 2.75) is 13.1 Å². The normalized spacial score (nSPS) is 10.8. The summed E-state index contributed by atoms with van der Waals surface area (Å²) in [6.45, 7) is 1.26. The first-order valence-electron chi connectivity index (χ1n) is 12.4. The Hall–Kier alpha value is -4.27. The highest BCUT2D eigenvalue weighted by Crippen LogP contribution is 2.38. The second kappa shape index (κ2) is 12.5. The van der Waals surface area contributed by atoms with Gasteiger partial charge in [-0.2, -0.15) is 0 Å². The largest absolute Gasteiger partial charge is 0.493 e. The van der Waals surface area contributed by atoms with Crippen LogP contribution in [0.15, 0.2) is 103 Å². The van der Waals surface area contributed by atoms with Crippen LogP contribution in [0.4, 0.5) is 10.1 Å². The molecule has 4 aromatic carbocycles. The first-order chi connectivity index (χ1) is 19.1. The molecular formula is C31H28FN3O3S. The van der Waals surface area contributed by atoms with E-state index in [1.807, 2.05) is 46.8 Å². The van der Waals surface area contributed by atoms with E-state index in [1.165, 1.54) is 23.8 Å². The summed E-state index contributed by atoms with van der Waals surface area (Å²) in [5.41, 5.74) is 3.63. The fourth-order valence-electron chi connectivity index (χ4n) is 4.10. The summed E-state index contributed by atoms with van der Waals surface area (Å²) in [5.74, 6) is 1.20. The third-order valence-electron chi connectivity index (χ3n) is 6.09. The van der Waals surface area contributed by atoms with E-state index in [4.69, 9.17) is 14.2 Å². The molecule has 8 heteroatoms. The number of rotatable bonds is 11. The van der Waals surface area contributed by atoms with Gasteiger partial charge < -0.3 is 14.2 Å². The van der Waals surface area contributed by atoms with Crippen LogP contribution in [-0.4, -0.2) is 19.2 Å². The average molecular weight is 542 g/mol. The summed E-state index contributed by atoms with van der Waals surface area (Å²) in [6, 6.07) is 30.5. The van der Waals surface area contributed by atoms with E-state index in [2.05, 4.69) is 34.0 Å². The van der Waals surface area contributed by atoms with Gasteiger partial charge in [-0.1, -0.05) is 60.7 Å². The van der Waals surface area contributed by atoms with E-state index in [9.17, 15) is 0 Å². The molecule has 39 heavy (non-hydrogen) atoms. The summed E-state index contributed by atoms with van der Waals surface area (Å²) in [6.07, 6.45) is 1.62. The Labute approximate surface area is 231 Å². The molecule has 0 atom stereocenters. The van der Waals surface area contributed by atoms with Crippen molar-refractivity contribution in [2.24, 2.45) is 0 Å². The molecule has 0 spiro atoms. The highest BCUT2D eigenvalue weighted by atomic mass is 32.2. The topological polar surface area (TPSA) is 55.9 Å². The molecular weight excluding hydrogens is 513 g/mol. The number of ether oxygens (including phenoxy) is 3. The fraction of sp³-hybridized carbons (Fsp3) is 0.129. The zero-order valence-electron chi connectivity index (χ0n) is 21.6. The van der Waals surface area contributed by atoms with Crippen molar-refractivity contribution in [1.29, 1.82) is 0 Å². The first-order valence-corrected chi connectivity index (χ1v) is 13.2. The minimum absolute atomic E-state index is 0.114. The van der Waals surface area contributed by atoms with Crippen LogP contribution in [0, 0.1) is 5.82 Å². The van der Waals surface area contributed by atoms with Crippen LogP contribution < -0.4 is 23.2 Å². The molecule has 1 N–H and O–H groups in total. The Morgan fingerprint density at radius 3 is 2.15 bits per heavy atom. The van der Waals surface area contributed by atoms with Crippen LogP contribution >= 0.6 is 12.1 Å². The van der Waals surface area contributed by atoms with Gasteiger partial charge >= 0.3 is 0 Å². The summed E-state index contributed by atoms with van der Waals surface area (Å²) >= 11 is 1.43. The number of nitrogens with zero attached hydrogens (tertiary/aromatic N) is 2. The monoisotopic (exact) mass is 541 g/mol. The van der Waals surface area contributed by atoms with E-state index in [-0.39, 0.29) is 5.75 Å². The van der Waals surface area contributed by atoms with Gasteiger partial charge in [-0.25, -0.2) is 9.11 Å². The SMILES string of the molecule is COc1cc2nccc(Oc3ccc(N(Cc4ccccc4)SNCc4ccccc4)cc3F)c2cc1OC. The maximum atomic E-state index is 15.4.